The normalized spacial score (nSPS) is 20.3. The molecule has 4 heterocycles. The number of aromatic amines is 1. The molecule has 4 rings (SSSR count). The van der Waals surface area contributed by atoms with Crippen LogP contribution in [0.15, 0.2) is 6.20 Å². The molecule has 4 N–H and O–H groups in total. The predicted octanol–water partition coefficient (Wildman–Crippen LogP) is 1.52. The van der Waals surface area contributed by atoms with Crippen molar-refractivity contribution < 1.29 is 28.6 Å². The molecule has 0 aliphatic carbocycles. The van der Waals surface area contributed by atoms with Crippen LogP contribution in [0.2, 0.25) is 5.28 Å². The van der Waals surface area contributed by atoms with E-state index >= 15 is 0 Å². The highest BCUT2D eigenvalue weighted by atomic mass is 35.5. The van der Waals surface area contributed by atoms with Crippen molar-refractivity contribution in [3.63, 3.8) is 0 Å². The lowest BCUT2D eigenvalue weighted by Crippen LogP contribution is -2.42. The summed E-state index contributed by atoms with van der Waals surface area (Å²) < 4.78 is 31.1. The van der Waals surface area contributed by atoms with Gasteiger partial charge in [-0.2, -0.15) is 20.3 Å². The number of anilines is 1. The third kappa shape index (κ3) is 5.83. The Kier molecular flexibility index (Phi) is 8.19. The monoisotopic (exact) mass is 545 g/mol. The van der Waals surface area contributed by atoms with Crippen molar-refractivity contribution >= 4 is 36.0 Å². The van der Waals surface area contributed by atoms with Crippen LogP contribution in [-0.4, -0.2) is 88.5 Å². The summed E-state index contributed by atoms with van der Waals surface area (Å²) in [6.07, 6.45) is 1.57. The van der Waals surface area contributed by atoms with Crippen LogP contribution in [0, 0.1) is 5.92 Å². The molecule has 0 aromatic carbocycles. The summed E-state index contributed by atoms with van der Waals surface area (Å²) in [6, 6.07) is 0. The van der Waals surface area contributed by atoms with Gasteiger partial charge in [0, 0.05) is 13.7 Å². The fraction of sp³-hybridized carbons (Fsp3) is 0.684. The Morgan fingerprint density at radius 3 is 2.86 bits per heavy atom. The predicted molar refractivity (Wildman–Crippen MR) is 127 cm³/mol. The molecule has 0 amide bonds. The van der Waals surface area contributed by atoms with Crippen molar-refractivity contribution in [1.29, 1.82) is 0 Å². The highest BCUT2D eigenvalue weighted by molar-refractivity contribution is 7.53. The lowest BCUT2D eigenvalue weighted by Gasteiger charge is -2.33. The second kappa shape index (κ2) is 11.0. The minimum atomic E-state index is -4.82. The van der Waals surface area contributed by atoms with Gasteiger partial charge in [0.25, 0.3) is 0 Å². The molecule has 0 bridgehead atoms. The van der Waals surface area contributed by atoms with Crippen LogP contribution in [0.3, 0.4) is 0 Å². The highest BCUT2D eigenvalue weighted by Crippen LogP contribution is 2.53. The second-order valence-electron chi connectivity index (χ2n) is 8.97. The van der Waals surface area contributed by atoms with Gasteiger partial charge >= 0.3 is 7.60 Å². The van der Waals surface area contributed by atoms with Gasteiger partial charge in [0.2, 0.25) is 5.28 Å². The lowest BCUT2D eigenvalue weighted by molar-refractivity contribution is -0.0995. The molecule has 1 aliphatic rings. The van der Waals surface area contributed by atoms with Crippen LogP contribution in [0.25, 0.3) is 11.0 Å². The van der Waals surface area contributed by atoms with Gasteiger partial charge in [-0.25, -0.2) is 4.68 Å². The van der Waals surface area contributed by atoms with E-state index in [1.165, 1.54) is 7.11 Å². The Labute approximate surface area is 211 Å². The summed E-state index contributed by atoms with van der Waals surface area (Å²) in [5, 5.41) is 19.8. The number of hydrogen-bond donors (Lipinski definition) is 4. The Balaban J connectivity index is 1.48. The molecule has 15 nitrogen and oxygen atoms in total. The number of tetrazole rings is 1. The average molecular weight is 546 g/mol. The van der Waals surface area contributed by atoms with Crippen molar-refractivity contribution in [2.75, 3.05) is 32.2 Å². The van der Waals surface area contributed by atoms with Crippen LogP contribution >= 0.6 is 19.2 Å². The van der Waals surface area contributed by atoms with E-state index in [4.69, 9.17) is 25.8 Å². The third-order valence-corrected chi connectivity index (χ3v) is 7.37. The summed E-state index contributed by atoms with van der Waals surface area (Å²) in [5.41, 5.74) is 0.522. The van der Waals surface area contributed by atoms with Gasteiger partial charge in [-0.05, 0) is 30.4 Å². The molecule has 1 aliphatic heterocycles. The molecule has 3 aromatic heterocycles. The number of rotatable bonds is 12. The van der Waals surface area contributed by atoms with E-state index in [0.717, 1.165) is 0 Å². The van der Waals surface area contributed by atoms with Crippen LogP contribution in [0.4, 0.5) is 5.82 Å². The maximum absolute atomic E-state index is 12.4. The van der Waals surface area contributed by atoms with Gasteiger partial charge in [-0.15, -0.1) is 10.2 Å². The first-order valence-corrected chi connectivity index (χ1v) is 13.3. The molecule has 3 atom stereocenters. The van der Waals surface area contributed by atoms with E-state index in [2.05, 4.69) is 54.9 Å². The van der Waals surface area contributed by atoms with E-state index < -0.39 is 25.3 Å². The van der Waals surface area contributed by atoms with E-state index in [0.29, 0.717) is 42.2 Å². The van der Waals surface area contributed by atoms with Gasteiger partial charge < -0.3 is 29.3 Å². The van der Waals surface area contributed by atoms with E-state index in [9.17, 15) is 14.4 Å². The minimum absolute atomic E-state index is 0.0841. The Morgan fingerprint density at radius 2 is 2.19 bits per heavy atom. The van der Waals surface area contributed by atoms with Gasteiger partial charge in [0.15, 0.2) is 23.0 Å². The molecule has 1 saturated heterocycles. The minimum Gasteiger partial charge on any atom is -0.381 e. The SMILES string of the molecule is COC[C@@](Cc1nn[nH]n1)(OC[C@@H]1CC[C@H](n2ncc3c(NCC(C)C)nc(Cl)nc32)O1)P(=O)(O)O. The van der Waals surface area contributed by atoms with Gasteiger partial charge in [-0.3, -0.25) is 4.57 Å². The fourth-order valence-electron chi connectivity index (χ4n) is 3.93. The van der Waals surface area contributed by atoms with Gasteiger partial charge in [0.05, 0.1) is 37.3 Å². The van der Waals surface area contributed by atoms with Crippen LogP contribution in [0.5, 0.6) is 0 Å². The number of methoxy groups -OCH3 is 1. The highest BCUT2D eigenvalue weighted by Gasteiger charge is 2.50. The number of aromatic nitrogens is 8. The number of halogens is 1. The zero-order valence-electron chi connectivity index (χ0n) is 20.0. The first-order chi connectivity index (χ1) is 17.1. The summed E-state index contributed by atoms with van der Waals surface area (Å²) in [6.45, 7) is 4.40. The molecule has 17 heteroatoms. The van der Waals surface area contributed by atoms with E-state index in [1.807, 2.05) is 0 Å². The summed E-state index contributed by atoms with van der Waals surface area (Å²) in [4.78, 5) is 28.8. The van der Waals surface area contributed by atoms with Crippen molar-refractivity contribution in [3.05, 3.63) is 17.3 Å². The average Bonchev–Trinajstić information content (AvgIpc) is 3.56. The van der Waals surface area contributed by atoms with Crippen LogP contribution in [-0.2, 0) is 25.2 Å². The number of nitrogens with zero attached hydrogens (tertiary/aromatic N) is 7. The first-order valence-electron chi connectivity index (χ1n) is 11.3. The molecular weight excluding hydrogens is 517 g/mol. The standard InChI is InChI=1S/C19H29ClN9O6P/c1-11(2)7-21-16-13-8-22-29(17(13)24-18(20)23-16)15-5-4-12(35-15)9-34-19(10-33-3,36(30,31)32)6-14-25-27-28-26-14/h8,11-12,15H,4-7,9-10H2,1-3H3,(H,21,23,24)(H2,30,31,32)(H,25,26,27,28)/t12-,15+,19-/m0/s1. The summed E-state index contributed by atoms with van der Waals surface area (Å²) in [5.74, 6) is 1.08. The molecule has 0 saturated carbocycles. The molecule has 0 radical (unpaired) electrons. The van der Waals surface area contributed by atoms with Crippen molar-refractivity contribution in [2.45, 2.75) is 50.8 Å². The number of nitrogens with one attached hydrogen (secondary N) is 2. The summed E-state index contributed by atoms with van der Waals surface area (Å²) in [7, 11) is -3.50. The van der Waals surface area contributed by atoms with Crippen molar-refractivity contribution in [2.24, 2.45) is 5.92 Å². The Bertz CT molecular complexity index is 1210. The lowest BCUT2D eigenvalue weighted by atomic mass is 10.2. The third-order valence-electron chi connectivity index (χ3n) is 5.72. The van der Waals surface area contributed by atoms with Crippen LogP contribution < -0.4 is 5.32 Å². The molecule has 36 heavy (non-hydrogen) atoms. The molecule has 3 aromatic rings. The molecule has 0 spiro atoms. The Hall–Kier alpha value is -2.26. The topological polar surface area (TPSA) is 195 Å². The molecule has 198 valence electrons. The number of H-pyrrole nitrogens is 1. The number of fused-ring (bicyclic) bond motifs is 1. The zero-order chi connectivity index (χ0) is 25.9. The maximum atomic E-state index is 12.4. The van der Waals surface area contributed by atoms with Crippen molar-refractivity contribution in [3.8, 4) is 0 Å². The molecular formula is C19H29ClN9O6P. The first kappa shape index (κ1) is 26.8. The second-order valence-corrected chi connectivity index (χ2v) is 11.2. The number of hydrogen-bond acceptors (Lipinski definition) is 11. The Morgan fingerprint density at radius 1 is 1.39 bits per heavy atom. The smallest absolute Gasteiger partial charge is 0.359 e. The zero-order valence-corrected chi connectivity index (χ0v) is 21.7. The number of ether oxygens (including phenoxy) is 3. The fourth-order valence-corrected chi connectivity index (χ4v) is 4.98. The van der Waals surface area contributed by atoms with E-state index in [-0.39, 0.29) is 30.7 Å². The van der Waals surface area contributed by atoms with Gasteiger partial charge in [0.1, 0.15) is 5.82 Å². The van der Waals surface area contributed by atoms with Crippen molar-refractivity contribution in [1.82, 2.24) is 40.4 Å². The molecule has 0 unspecified atom stereocenters. The summed E-state index contributed by atoms with van der Waals surface area (Å²) >= 11 is 6.17. The maximum Gasteiger partial charge on any atom is 0.359 e. The molecule has 1 fully saturated rings. The quantitative estimate of drug-likeness (QED) is 0.189. The largest absolute Gasteiger partial charge is 0.381 e. The van der Waals surface area contributed by atoms with E-state index in [1.54, 1.807) is 10.9 Å². The van der Waals surface area contributed by atoms with Crippen LogP contribution in [0.1, 0.15) is 38.7 Å². The van der Waals surface area contributed by atoms with Gasteiger partial charge in [-0.1, -0.05) is 19.1 Å².